The number of thiol groups is 1. The Morgan fingerprint density at radius 1 is 1.09 bits per heavy atom. The second-order valence-electron chi connectivity index (χ2n) is 2.12. The Bertz CT molecular complexity index is 89.6. The van der Waals surface area contributed by atoms with E-state index in [0.717, 1.165) is 18.2 Å². The smallest absolute Gasteiger partial charge is 0.377 e. The Morgan fingerprint density at radius 3 is 1.82 bits per heavy atom. The normalized spacial score (nSPS) is 12.0. The molecule has 0 rings (SSSR count). The van der Waals surface area contributed by atoms with Gasteiger partial charge in [-0.1, -0.05) is 0 Å². The molecule has 0 aliphatic rings. The highest BCUT2D eigenvalue weighted by Crippen LogP contribution is 2.14. The molecule has 0 bridgehead atoms. The summed E-state index contributed by atoms with van der Waals surface area (Å²) in [5.74, 6) is 0.838. The Balaban J connectivity index is 3.84. The molecular formula is C6H16O3SSi. The third kappa shape index (κ3) is 3.57. The van der Waals surface area contributed by atoms with Crippen LogP contribution in [0.2, 0.25) is 6.04 Å². The van der Waals surface area contributed by atoms with Gasteiger partial charge in [-0.25, -0.2) is 0 Å². The van der Waals surface area contributed by atoms with Gasteiger partial charge >= 0.3 is 8.80 Å². The lowest BCUT2D eigenvalue weighted by Crippen LogP contribution is -2.42. The van der Waals surface area contributed by atoms with Gasteiger partial charge in [0, 0.05) is 27.4 Å². The molecule has 0 spiro atoms. The summed E-state index contributed by atoms with van der Waals surface area (Å²) in [6.07, 6.45) is 0.963. The van der Waals surface area contributed by atoms with Crippen molar-refractivity contribution in [3.63, 3.8) is 0 Å². The number of rotatable bonds is 6. The predicted molar refractivity (Wildman–Crippen MR) is 50.1 cm³/mol. The van der Waals surface area contributed by atoms with Crippen LogP contribution in [0.1, 0.15) is 6.42 Å². The summed E-state index contributed by atoms with van der Waals surface area (Å²) in [7, 11) is 2.58. The molecule has 0 fully saturated rings. The number of hydrogen-bond donors (Lipinski definition) is 1. The fraction of sp³-hybridized carbons (Fsp3) is 1.00. The van der Waals surface area contributed by atoms with Crippen LogP contribution >= 0.6 is 12.6 Å². The van der Waals surface area contributed by atoms with Gasteiger partial charge in [0.05, 0.1) is 0 Å². The SMILES string of the molecule is CO[Si]([13CH2][13CH2][13CH2]S)(OC)OC. The molecule has 0 unspecified atom stereocenters. The molecule has 0 aromatic heterocycles. The average molecular weight is 199 g/mol. The highest BCUT2D eigenvalue weighted by Gasteiger charge is 2.36. The van der Waals surface area contributed by atoms with Crippen LogP contribution < -0.4 is 0 Å². The molecule has 5 heteroatoms. The van der Waals surface area contributed by atoms with E-state index in [1.165, 1.54) is 0 Å². The third-order valence-electron chi connectivity index (χ3n) is 1.57. The summed E-state index contributed by atoms with van der Waals surface area (Å²) < 4.78 is 15.6. The summed E-state index contributed by atoms with van der Waals surface area (Å²) in [6.45, 7) is 0. The maximum Gasteiger partial charge on any atom is 0.500 e. The first-order valence-electron chi connectivity index (χ1n) is 3.51. The Labute approximate surface area is 74.8 Å². The summed E-state index contributed by atoms with van der Waals surface area (Å²) in [5.41, 5.74) is 0. The minimum Gasteiger partial charge on any atom is -0.377 e. The quantitative estimate of drug-likeness (QED) is 0.395. The van der Waals surface area contributed by atoms with Gasteiger partial charge < -0.3 is 13.3 Å². The van der Waals surface area contributed by atoms with Crippen molar-refractivity contribution >= 4 is 21.4 Å². The molecule has 0 aromatic carbocycles. The van der Waals surface area contributed by atoms with E-state index in [2.05, 4.69) is 12.6 Å². The van der Waals surface area contributed by atoms with Gasteiger partial charge in [0.1, 0.15) is 0 Å². The standard InChI is InChI=1S/C6H16O3SSi/c1-7-11(8-2,9-3)6-4-5-10/h10H,4-6H2,1-3H3/i4+1,5+1,6+1. The van der Waals surface area contributed by atoms with Crippen LogP contribution in [0.5, 0.6) is 0 Å². The van der Waals surface area contributed by atoms with Crippen LogP contribution in [0.3, 0.4) is 0 Å². The van der Waals surface area contributed by atoms with Gasteiger partial charge in [0.25, 0.3) is 0 Å². The molecule has 0 saturated carbocycles. The van der Waals surface area contributed by atoms with Crippen molar-refractivity contribution in [2.75, 3.05) is 27.1 Å². The van der Waals surface area contributed by atoms with E-state index >= 15 is 0 Å². The fourth-order valence-corrected chi connectivity index (χ4v) is 3.03. The molecule has 0 N–H and O–H groups in total. The van der Waals surface area contributed by atoms with Crippen molar-refractivity contribution < 1.29 is 13.3 Å². The van der Waals surface area contributed by atoms with Gasteiger partial charge in [-0.05, 0) is 12.2 Å². The highest BCUT2D eigenvalue weighted by molar-refractivity contribution is 7.80. The molecule has 0 aliphatic carbocycles. The second kappa shape index (κ2) is 6.02. The monoisotopic (exact) mass is 199 g/mol. The summed E-state index contributed by atoms with van der Waals surface area (Å²) in [6, 6.07) is 0.833. The summed E-state index contributed by atoms with van der Waals surface area (Å²) in [4.78, 5) is 0. The Hall–Kier alpha value is 0.447. The Kier molecular flexibility index (Phi) is 6.26. The molecule has 0 aliphatic heterocycles. The first kappa shape index (κ1) is 11.4. The van der Waals surface area contributed by atoms with Crippen molar-refractivity contribution in [2.45, 2.75) is 12.5 Å². The lowest BCUT2D eigenvalue weighted by Gasteiger charge is -2.23. The molecule has 0 heterocycles. The van der Waals surface area contributed by atoms with E-state index in [4.69, 9.17) is 13.3 Å². The van der Waals surface area contributed by atoms with E-state index < -0.39 is 8.80 Å². The lowest BCUT2D eigenvalue weighted by molar-refractivity contribution is 0.123. The van der Waals surface area contributed by atoms with Crippen LogP contribution in [0.4, 0.5) is 0 Å². The zero-order valence-corrected chi connectivity index (χ0v) is 9.19. The Morgan fingerprint density at radius 2 is 1.55 bits per heavy atom. The first-order valence-corrected chi connectivity index (χ1v) is 6.07. The van der Waals surface area contributed by atoms with Gasteiger partial charge in [-0.15, -0.1) is 0 Å². The molecule has 0 saturated heterocycles. The van der Waals surface area contributed by atoms with Crippen LogP contribution in [-0.2, 0) is 13.3 Å². The van der Waals surface area contributed by atoms with E-state index in [-0.39, 0.29) is 0 Å². The van der Waals surface area contributed by atoms with Crippen LogP contribution in [0.15, 0.2) is 0 Å². The van der Waals surface area contributed by atoms with Crippen molar-refractivity contribution in [1.29, 1.82) is 0 Å². The van der Waals surface area contributed by atoms with E-state index in [9.17, 15) is 0 Å². The molecular weight excluding hydrogens is 183 g/mol. The molecule has 3 nitrogen and oxygen atoms in total. The van der Waals surface area contributed by atoms with E-state index in [1.54, 1.807) is 21.3 Å². The van der Waals surface area contributed by atoms with Gasteiger partial charge in [-0.3, -0.25) is 0 Å². The summed E-state index contributed by atoms with van der Waals surface area (Å²) >= 11 is 4.10. The zero-order valence-electron chi connectivity index (χ0n) is 7.29. The molecule has 0 radical (unpaired) electrons. The minimum atomic E-state index is -2.29. The van der Waals surface area contributed by atoms with Gasteiger partial charge in [0.2, 0.25) is 0 Å². The summed E-state index contributed by atoms with van der Waals surface area (Å²) in [5, 5.41) is 0. The maximum atomic E-state index is 5.20. The van der Waals surface area contributed by atoms with Gasteiger partial charge in [0.15, 0.2) is 0 Å². The molecule has 0 amide bonds. The molecule has 0 aromatic rings. The predicted octanol–water partition coefficient (Wildman–Crippen LogP) is 1.18. The topological polar surface area (TPSA) is 27.7 Å². The zero-order chi connectivity index (χ0) is 8.74. The van der Waals surface area contributed by atoms with Crippen molar-refractivity contribution in [3.05, 3.63) is 0 Å². The molecule has 0 atom stereocenters. The molecule has 68 valence electrons. The van der Waals surface area contributed by atoms with Crippen LogP contribution in [0.25, 0.3) is 0 Å². The largest absolute Gasteiger partial charge is 0.500 e. The third-order valence-corrected chi connectivity index (χ3v) is 4.72. The number of hydrogen-bond acceptors (Lipinski definition) is 4. The van der Waals surface area contributed by atoms with E-state index in [1.807, 2.05) is 0 Å². The van der Waals surface area contributed by atoms with Crippen molar-refractivity contribution in [3.8, 4) is 0 Å². The second-order valence-corrected chi connectivity index (χ2v) is 5.66. The maximum absolute atomic E-state index is 5.20. The van der Waals surface area contributed by atoms with Crippen molar-refractivity contribution in [1.82, 2.24) is 0 Å². The van der Waals surface area contributed by atoms with E-state index in [0.29, 0.717) is 0 Å². The highest BCUT2D eigenvalue weighted by atomic mass is 32.1. The molecule has 11 heavy (non-hydrogen) atoms. The lowest BCUT2D eigenvalue weighted by atomic mass is 11.6. The van der Waals surface area contributed by atoms with Crippen molar-refractivity contribution in [2.24, 2.45) is 0 Å². The minimum absolute atomic E-state index is 0.833. The van der Waals surface area contributed by atoms with Crippen LogP contribution in [0, 0.1) is 0 Å². The van der Waals surface area contributed by atoms with Gasteiger partial charge in [-0.2, -0.15) is 12.6 Å². The fourth-order valence-electron chi connectivity index (χ4n) is 0.852. The average Bonchev–Trinajstić information content (AvgIpc) is 2.08. The van der Waals surface area contributed by atoms with Crippen LogP contribution in [-0.4, -0.2) is 35.9 Å². The first-order chi connectivity index (χ1) is 5.24.